The smallest absolute Gasteiger partial charge is 0.326 e. The zero-order valence-electron chi connectivity index (χ0n) is 12.2. The monoisotopic (exact) mass is 284 g/mol. The molecule has 2 amide bonds. The van der Waals surface area contributed by atoms with Crippen LogP contribution >= 0.6 is 0 Å². The molecule has 2 fully saturated rings. The van der Waals surface area contributed by atoms with Gasteiger partial charge in [-0.05, 0) is 25.2 Å². The van der Waals surface area contributed by atoms with E-state index in [4.69, 9.17) is 4.74 Å². The third kappa shape index (κ3) is 3.42. The molecule has 6 nitrogen and oxygen atoms in total. The van der Waals surface area contributed by atoms with E-state index in [0.717, 1.165) is 13.0 Å². The van der Waals surface area contributed by atoms with E-state index < -0.39 is 12.0 Å². The average Bonchev–Trinajstić information content (AvgIpc) is 3.12. The molecule has 1 saturated heterocycles. The Balaban J connectivity index is 2.04. The highest BCUT2D eigenvalue weighted by Gasteiger charge is 2.42. The fourth-order valence-corrected chi connectivity index (χ4v) is 2.74. The number of aliphatic carboxylic acids is 1. The fraction of sp³-hybridized carbons (Fsp3) is 0.857. The second-order valence-electron chi connectivity index (χ2n) is 5.77. The van der Waals surface area contributed by atoms with Crippen LogP contribution in [-0.4, -0.2) is 65.8 Å². The third-order valence-corrected chi connectivity index (χ3v) is 4.07. The number of carbonyl (C=O) groups excluding carboxylic acids is 1. The first-order valence-electron chi connectivity index (χ1n) is 7.38. The van der Waals surface area contributed by atoms with Crippen molar-refractivity contribution in [3.05, 3.63) is 0 Å². The van der Waals surface area contributed by atoms with E-state index in [9.17, 15) is 14.7 Å². The fourth-order valence-electron chi connectivity index (χ4n) is 2.74. The van der Waals surface area contributed by atoms with Crippen LogP contribution in [0, 0.1) is 5.92 Å². The van der Waals surface area contributed by atoms with Gasteiger partial charge in [0.25, 0.3) is 0 Å². The first kappa shape index (κ1) is 15.1. The molecule has 0 aromatic carbocycles. The predicted molar refractivity (Wildman–Crippen MR) is 73.5 cm³/mol. The largest absolute Gasteiger partial charge is 0.480 e. The molecule has 1 aliphatic heterocycles. The van der Waals surface area contributed by atoms with Crippen molar-refractivity contribution in [2.45, 2.75) is 44.8 Å². The predicted octanol–water partition coefficient (Wildman–Crippen LogP) is 1.40. The highest BCUT2D eigenvalue weighted by molar-refractivity contribution is 5.83. The number of amides is 2. The number of nitrogens with zero attached hydrogens (tertiary/aromatic N) is 2. The van der Waals surface area contributed by atoms with Gasteiger partial charge in [-0.1, -0.05) is 6.92 Å². The van der Waals surface area contributed by atoms with Crippen LogP contribution in [0.3, 0.4) is 0 Å². The molecule has 6 heteroatoms. The Bertz CT molecular complexity index is 370. The summed E-state index contributed by atoms with van der Waals surface area (Å²) >= 11 is 0. The second-order valence-corrected chi connectivity index (χ2v) is 5.77. The summed E-state index contributed by atoms with van der Waals surface area (Å²) in [5.74, 6) is -0.338. The quantitative estimate of drug-likeness (QED) is 0.800. The van der Waals surface area contributed by atoms with Crippen LogP contribution in [0.4, 0.5) is 4.79 Å². The van der Waals surface area contributed by atoms with E-state index in [2.05, 4.69) is 0 Å². The van der Waals surface area contributed by atoms with Gasteiger partial charge in [0, 0.05) is 33.2 Å². The second kappa shape index (κ2) is 6.43. The van der Waals surface area contributed by atoms with Crippen LogP contribution in [0.15, 0.2) is 0 Å². The SMILES string of the molecule is CCCN(CC1CC1)C(=O)N1CC(OC)CC1C(=O)O. The molecule has 0 aromatic rings. The molecule has 1 aliphatic carbocycles. The Morgan fingerprint density at radius 1 is 1.40 bits per heavy atom. The minimum atomic E-state index is -0.944. The summed E-state index contributed by atoms with van der Waals surface area (Å²) in [7, 11) is 1.56. The van der Waals surface area contributed by atoms with Gasteiger partial charge in [0.1, 0.15) is 6.04 Å². The van der Waals surface area contributed by atoms with E-state index in [1.165, 1.54) is 17.7 Å². The highest BCUT2D eigenvalue weighted by Crippen LogP contribution is 2.31. The summed E-state index contributed by atoms with van der Waals surface area (Å²) < 4.78 is 5.23. The molecule has 2 unspecified atom stereocenters. The number of likely N-dealkylation sites (tertiary alicyclic amines) is 1. The van der Waals surface area contributed by atoms with E-state index in [0.29, 0.717) is 25.4 Å². The Labute approximate surface area is 119 Å². The van der Waals surface area contributed by atoms with Gasteiger partial charge < -0.3 is 19.6 Å². The van der Waals surface area contributed by atoms with Gasteiger partial charge in [-0.3, -0.25) is 0 Å². The van der Waals surface area contributed by atoms with Crippen molar-refractivity contribution in [2.75, 3.05) is 26.7 Å². The molecule has 1 N–H and O–H groups in total. The van der Waals surface area contributed by atoms with Crippen molar-refractivity contribution >= 4 is 12.0 Å². The molecule has 2 atom stereocenters. The van der Waals surface area contributed by atoms with Crippen molar-refractivity contribution in [3.8, 4) is 0 Å². The van der Waals surface area contributed by atoms with Crippen LogP contribution in [0.25, 0.3) is 0 Å². The summed E-state index contributed by atoms with van der Waals surface area (Å²) in [5.41, 5.74) is 0. The van der Waals surface area contributed by atoms with E-state index in [1.807, 2.05) is 11.8 Å². The summed E-state index contributed by atoms with van der Waals surface area (Å²) in [6.07, 6.45) is 3.44. The molecule has 2 rings (SSSR count). The minimum Gasteiger partial charge on any atom is -0.480 e. The molecule has 0 spiro atoms. The Hall–Kier alpha value is -1.30. The van der Waals surface area contributed by atoms with Gasteiger partial charge in [-0.2, -0.15) is 0 Å². The molecule has 0 aromatic heterocycles. The van der Waals surface area contributed by atoms with Gasteiger partial charge in [-0.15, -0.1) is 0 Å². The number of carboxylic acids is 1. The Kier molecular flexibility index (Phi) is 4.86. The zero-order chi connectivity index (χ0) is 14.7. The van der Waals surface area contributed by atoms with Crippen molar-refractivity contribution in [1.29, 1.82) is 0 Å². The Morgan fingerprint density at radius 2 is 2.10 bits per heavy atom. The lowest BCUT2D eigenvalue weighted by molar-refractivity contribution is -0.141. The first-order valence-corrected chi connectivity index (χ1v) is 7.38. The summed E-state index contributed by atoms with van der Waals surface area (Å²) in [5, 5.41) is 9.28. The maximum absolute atomic E-state index is 12.6. The van der Waals surface area contributed by atoms with Crippen LogP contribution in [0.2, 0.25) is 0 Å². The number of urea groups is 1. The van der Waals surface area contributed by atoms with Gasteiger partial charge >= 0.3 is 12.0 Å². The lowest BCUT2D eigenvalue weighted by atomic mass is 10.2. The number of carbonyl (C=O) groups is 2. The highest BCUT2D eigenvalue weighted by atomic mass is 16.5. The maximum Gasteiger partial charge on any atom is 0.326 e. The van der Waals surface area contributed by atoms with Crippen molar-refractivity contribution < 1.29 is 19.4 Å². The summed E-state index contributed by atoms with van der Waals surface area (Å²) in [6.45, 7) is 3.85. The van der Waals surface area contributed by atoms with Crippen LogP contribution < -0.4 is 0 Å². The first-order chi connectivity index (χ1) is 9.56. The van der Waals surface area contributed by atoms with Crippen LogP contribution in [-0.2, 0) is 9.53 Å². The van der Waals surface area contributed by atoms with Gasteiger partial charge in [-0.25, -0.2) is 9.59 Å². The molecule has 1 heterocycles. The lowest BCUT2D eigenvalue weighted by Gasteiger charge is -2.30. The number of hydrogen-bond acceptors (Lipinski definition) is 3. The van der Waals surface area contributed by atoms with Crippen LogP contribution in [0.1, 0.15) is 32.6 Å². The van der Waals surface area contributed by atoms with Gasteiger partial charge in [0.15, 0.2) is 0 Å². The number of ether oxygens (including phenoxy) is 1. The lowest BCUT2D eigenvalue weighted by Crippen LogP contribution is -2.49. The topological polar surface area (TPSA) is 70.1 Å². The van der Waals surface area contributed by atoms with Crippen molar-refractivity contribution in [2.24, 2.45) is 5.92 Å². The molecule has 114 valence electrons. The van der Waals surface area contributed by atoms with E-state index >= 15 is 0 Å². The molecular formula is C14H24N2O4. The molecule has 0 bridgehead atoms. The van der Waals surface area contributed by atoms with Crippen molar-refractivity contribution in [1.82, 2.24) is 9.80 Å². The molecule has 1 saturated carbocycles. The number of hydrogen-bond donors (Lipinski definition) is 1. The van der Waals surface area contributed by atoms with E-state index in [1.54, 1.807) is 7.11 Å². The van der Waals surface area contributed by atoms with Gasteiger partial charge in [0.05, 0.1) is 6.10 Å². The summed E-state index contributed by atoms with van der Waals surface area (Å²) in [4.78, 5) is 27.2. The average molecular weight is 284 g/mol. The maximum atomic E-state index is 12.6. The number of carboxylic acid groups (broad SMARTS) is 1. The van der Waals surface area contributed by atoms with Crippen LogP contribution in [0.5, 0.6) is 0 Å². The number of methoxy groups -OCH3 is 1. The number of rotatable bonds is 6. The zero-order valence-corrected chi connectivity index (χ0v) is 12.2. The Morgan fingerprint density at radius 3 is 2.60 bits per heavy atom. The standard InChI is InChI=1S/C14H24N2O4/c1-3-6-15(8-10-4-5-10)14(19)16-9-11(20-2)7-12(16)13(17)18/h10-12H,3-9H2,1-2H3,(H,17,18). The molecule has 0 radical (unpaired) electrons. The molecule has 2 aliphatic rings. The summed E-state index contributed by atoms with van der Waals surface area (Å²) in [6, 6.07) is -0.906. The minimum absolute atomic E-state index is 0.147. The molecule has 20 heavy (non-hydrogen) atoms. The van der Waals surface area contributed by atoms with E-state index in [-0.39, 0.29) is 12.1 Å². The molecular weight excluding hydrogens is 260 g/mol. The third-order valence-electron chi connectivity index (χ3n) is 4.07. The van der Waals surface area contributed by atoms with Gasteiger partial charge in [0.2, 0.25) is 0 Å². The van der Waals surface area contributed by atoms with Crippen molar-refractivity contribution in [3.63, 3.8) is 0 Å². The normalized spacial score (nSPS) is 25.8.